The van der Waals surface area contributed by atoms with E-state index in [1.165, 1.54) is 0 Å². The van der Waals surface area contributed by atoms with Crippen LogP contribution >= 0.6 is 0 Å². The lowest BCUT2D eigenvalue weighted by atomic mass is 10.1. The Kier molecular flexibility index (Phi) is 5.02. The summed E-state index contributed by atoms with van der Waals surface area (Å²) in [5.41, 5.74) is 0. The fraction of sp³-hybridized carbons (Fsp3) is 1.00. The van der Waals surface area contributed by atoms with Gasteiger partial charge >= 0.3 is 0 Å². The van der Waals surface area contributed by atoms with Crippen molar-refractivity contribution in [2.75, 3.05) is 26.0 Å². The van der Waals surface area contributed by atoms with Crippen molar-refractivity contribution in [2.24, 2.45) is 0 Å². The van der Waals surface area contributed by atoms with Crippen LogP contribution in [0.3, 0.4) is 0 Å². The summed E-state index contributed by atoms with van der Waals surface area (Å²) in [6, 6.07) is 0.160. The quantitative estimate of drug-likeness (QED) is 0.684. The molecule has 2 atom stereocenters. The molecule has 0 bridgehead atoms. The van der Waals surface area contributed by atoms with E-state index in [2.05, 4.69) is 5.32 Å². The van der Waals surface area contributed by atoms with Crippen LogP contribution < -0.4 is 5.32 Å². The van der Waals surface area contributed by atoms with Gasteiger partial charge in [-0.1, -0.05) is 6.92 Å². The van der Waals surface area contributed by atoms with Gasteiger partial charge in [0.05, 0.1) is 11.0 Å². The van der Waals surface area contributed by atoms with Gasteiger partial charge in [-0.2, -0.15) is 0 Å². The molecule has 1 N–H and O–H groups in total. The third-order valence-corrected chi connectivity index (χ3v) is 5.17. The Labute approximate surface area is 92.3 Å². The highest BCUT2D eigenvalue weighted by atomic mass is 32.2. The lowest BCUT2D eigenvalue weighted by Gasteiger charge is -2.09. The van der Waals surface area contributed by atoms with E-state index in [0.717, 1.165) is 25.8 Å². The van der Waals surface area contributed by atoms with Crippen LogP contribution in [0, 0.1) is 0 Å². The van der Waals surface area contributed by atoms with Crippen LogP contribution in [0.5, 0.6) is 0 Å². The van der Waals surface area contributed by atoms with Crippen LogP contribution in [0.4, 0.5) is 0 Å². The molecular formula is C10H21NO3S. The smallest absolute Gasteiger partial charge is 0.154 e. The second-order valence-corrected chi connectivity index (χ2v) is 6.40. The molecule has 0 aromatic carbocycles. The maximum absolute atomic E-state index is 11.8. The SMILES string of the molecule is CCNC1C[C@@H](CCCOC)S(=O)(=O)C1. The molecule has 1 rings (SSSR count). The number of sulfone groups is 1. The molecule has 1 aliphatic rings. The van der Waals surface area contributed by atoms with E-state index in [1.807, 2.05) is 6.92 Å². The van der Waals surface area contributed by atoms with Gasteiger partial charge in [-0.25, -0.2) is 8.42 Å². The predicted molar refractivity (Wildman–Crippen MR) is 60.8 cm³/mol. The van der Waals surface area contributed by atoms with Crippen LogP contribution in [0.1, 0.15) is 26.2 Å². The zero-order chi connectivity index (χ0) is 11.3. The maximum Gasteiger partial charge on any atom is 0.154 e. The van der Waals surface area contributed by atoms with Gasteiger partial charge < -0.3 is 10.1 Å². The average Bonchev–Trinajstić information content (AvgIpc) is 2.42. The zero-order valence-corrected chi connectivity index (χ0v) is 10.3. The number of hydrogen-bond donors (Lipinski definition) is 1. The summed E-state index contributed by atoms with van der Waals surface area (Å²) in [5.74, 6) is 0.304. The van der Waals surface area contributed by atoms with Crippen molar-refractivity contribution in [1.29, 1.82) is 0 Å². The number of hydrogen-bond acceptors (Lipinski definition) is 4. The maximum atomic E-state index is 11.8. The van der Waals surface area contributed by atoms with E-state index in [-0.39, 0.29) is 11.3 Å². The fourth-order valence-electron chi connectivity index (χ4n) is 2.13. The number of nitrogens with one attached hydrogen (secondary N) is 1. The molecule has 0 aliphatic carbocycles. The highest BCUT2D eigenvalue weighted by Gasteiger charge is 2.37. The summed E-state index contributed by atoms with van der Waals surface area (Å²) in [6.07, 6.45) is 2.33. The van der Waals surface area contributed by atoms with Crippen LogP contribution in [0.25, 0.3) is 0 Å². The minimum Gasteiger partial charge on any atom is -0.385 e. The minimum atomic E-state index is -2.86. The van der Waals surface area contributed by atoms with Crippen LogP contribution in [0.15, 0.2) is 0 Å². The lowest BCUT2D eigenvalue weighted by molar-refractivity contribution is 0.192. The molecule has 1 heterocycles. The fourth-order valence-corrected chi connectivity index (χ4v) is 4.27. The van der Waals surface area contributed by atoms with Gasteiger partial charge in [0.15, 0.2) is 9.84 Å². The Morgan fingerprint density at radius 3 is 2.80 bits per heavy atom. The molecule has 0 spiro atoms. The van der Waals surface area contributed by atoms with E-state index >= 15 is 0 Å². The summed E-state index contributed by atoms with van der Waals surface area (Å²) in [7, 11) is -1.21. The van der Waals surface area contributed by atoms with Crippen LogP contribution in [0.2, 0.25) is 0 Å². The van der Waals surface area contributed by atoms with Gasteiger partial charge in [-0.05, 0) is 25.8 Å². The highest BCUT2D eigenvalue weighted by Crippen LogP contribution is 2.24. The molecule has 90 valence electrons. The topological polar surface area (TPSA) is 55.4 Å². The monoisotopic (exact) mass is 235 g/mol. The van der Waals surface area contributed by atoms with Gasteiger partial charge in [0, 0.05) is 19.8 Å². The van der Waals surface area contributed by atoms with E-state index < -0.39 is 9.84 Å². The van der Waals surface area contributed by atoms with E-state index in [4.69, 9.17) is 4.74 Å². The number of ether oxygens (including phenoxy) is 1. The average molecular weight is 235 g/mol. The Morgan fingerprint density at radius 1 is 1.47 bits per heavy atom. The van der Waals surface area contributed by atoms with Gasteiger partial charge in [-0.3, -0.25) is 0 Å². The van der Waals surface area contributed by atoms with Gasteiger partial charge in [-0.15, -0.1) is 0 Å². The van der Waals surface area contributed by atoms with E-state index in [0.29, 0.717) is 12.4 Å². The van der Waals surface area contributed by atoms with E-state index in [9.17, 15) is 8.42 Å². The molecule has 1 fully saturated rings. The van der Waals surface area contributed by atoms with Crippen molar-refractivity contribution >= 4 is 9.84 Å². The van der Waals surface area contributed by atoms with Crippen molar-refractivity contribution in [1.82, 2.24) is 5.32 Å². The molecule has 0 saturated carbocycles. The summed E-state index contributed by atoms with van der Waals surface area (Å²) < 4.78 is 28.5. The second-order valence-electron chi connectivity index (χ2n) is 4.08. The van der Waals surface area contributed by atoms with Gasteiger partial charge in [0.2, 0.25) is 0 Å². The Morgan fingerprint density at radius 2 is 2.20 bits per heavy atom. The molecule has 0 amide bonds. The second kappa shape index (κ2) is 5.82. The Balaban J connectivity index is 2.43. The summed E-state index contributed by atoms with van der Waals surface area (Å²) in [4.78, 5) is 0. The summed E-state index contributed by atoms with van der Waals surface area (Å²) in [5, 5.41) is 3.05. The first-order valence-electron chi connectivity index (χ1n) is 5.54. The molecule has 4 nitrogen and oxygen atoms in total. The first-order chi connectivity index (χ1) is 7.10. The molecule has 1 aliphatic heterocycles. The molecule has 1 unspecified atom stereocenters. The van der Waals surface area contributed by atoms with Crippen molar-refractivity contribution in [3.63, 3.8) is 0 Å². The highest BCUT2D eigenvalue weighted by molar-refractivity contribution is 7.92. The normalized spacial score (nSPS) is 29.5. The van der Waals surface area contributed by atoms with Crippen molar-refractivity contribution in [2.45, 2.75) is 37.5 Å². The Bertz CT molecular complexity index is 276. The first kappa shape index (κ1) is 12.9. The summed E-state index contributed by atoms with van der Waals surface area (Å²) in [6.45, 7) is 3.49. The largest absolute Gasteiger partial charge is 0.385 e. The van der Waals surface area contributed by atoms with Crippen molar-refractivity contribution in [3.05, 3.63) is 0 Å². The molecular weight excluding hydrogens is 214 g/mol. The van der Waals surface area contributed by atoms with Gasteiger partial charge in [0.25, 0.3) is 0 Å². The Hall–Kier alpha value is -0.130. The third kappa shape index (κ3) is 3.74. The lowest BCUT2D eigenvalue weighted by Crippen LogP contribution is -2.29. The molecule has 5 heteroatoms. The van der Waals surface area contributed by atoms with Crippen LogP contribution in [-0.2, 0) is 14.6 Å². The number of rotatable bonds is 6. The molecule has 0 aromatic heterocycles. The van der Waals surface area contributed by atoms with Crippen LogP contribution in [-0.4, -0.2) is 45.7 Å². The zero-order valence-electron chi connectivity index (χ0n) is 9.53. The minimum absolute atomic E-state index is 0.156. The van der Waals surface area contributed by atoms with E-state index in [1.54, 1.807) is 7.11 Å². The first-order valence-corrected chi connectivity index (χ1v) is 7.25. The van der Waals surface area contributed by atoms with Crippen molar-refractivity contribution in [3.8, 4) is 0 Å². The molecule has 15 heavy (non-hydrogen) atoms. The molecule has 1 saturated heterocycles. The third-order valence-electron chi connectivity index (χ3n) is 2.86. The van der Waals surface area contributed by atoms with Gasteiger partial charge in [0.1, 0.15) is 0 Å². The standard InChI is InChI=1S/C10H21NO3S/c1-3-11-9-7-10(5-4-6-14-2)15(12,13)8-9/h9-11H,3-8H2,1-2H3/t9?,10-/m1/s1. The number of methoxy groups -OCH3 is 1. The predicted octanol–water partition coefficient (Wildman–Crippen LogP) is 0.578. The molecule has 0 aromatic rings. The van der Waals surface area contributed by atoms with Crippen molar-refractivity contribution < 1.29 is 13.2 Å². The molecule has 0 radical (unpaired) electrons. The summed E-state index contributed by atoms with van der Waals surface area (Å²) >= 11 is 0.